The van der Waals surface area contributed by atoms with Crippen LogP contribution in [0.1, 0.15) is 16.2 Å². The van der Waals surface area contributed by atoms with Crippen molar-refractivity contribution in [1.29, 1.82) is 0 Å². The van der Waals surface area contributed by atoms with E-state index in [0.29, 0.717) is 0 Å². The van der Waals surface area contributed by atoms with Crippen LogP contribution in [0.25, 0.3) is 0 Å². The Morgan fingerprint density at radius 2 is 2.29 bits per heavy atom. The predicted molar refractivity (Wildman–Crippen MR) is 70.6 cm³/mol. The number of nitrogens with two attached hydrogens (primary N) is 1. The molecule has 0 aliphatic heterocycles. The van der Waals surface area contributed by atoms with Crippen LogP contribution < -0.4 is 16.0 Å². The molecule has 110 valence electrons. The van der Waals surface area contributed by atoms with Crippen LogP contribution in [0, 0.1) is 10.1 Å². The van der Waals surface area contributed by atoms with E-state index < -0.39 is 10.8 Å². The number of nitrogens with zero attached hydrogens (tertiary/aromatic N) is 2. The predicted octanol–water partition coefficient (Wildman–Crippen LogP) is 1.42. The highest BCUT2D eigenvalue weighted by molar-refractivity contribution is 6.30. The second-order valence-electron chi connectivity index (χ2n) is 3.81. The molecule has 1 aromatic heterocycles. The average molecular weight is 313 g/mol. The van der Waals surface area contributed by atoms with Crippen molar-refractivity contribution < 1.29 is 19.0 Å². The molecular weight excluding hydrogens is 304 g/mol. The molecule has 1 heterocycles. The smallest absolute Gasteiger partial charge is 0.311 e. The van der Waals surface area contributed by atoms with Crippen molar-refractivity contribution >= 4 is 23.2 Å². The molecular formula is C11H9ClN4O5. The Hall–Kier alpha value is -2.65. The van der Waals surface area contributed by atoms with Crippen LogP contribution >= 0.6 is 11.6 Å². The molecule has 0 saturated heterocycles. The lowest BCUT2D eigenvalue weighted by Gasteiger charge is -2.04. The molecule has 0 fully saturated rings. The third kappa shape index (κ3) is 3.46. The van der Waals surface area contributed by atoms with Gasteiger partial charge in [-0.3, -0.25) is 20.3 Å². The number of benzene rings is 1. The molecule has 21 heavy (non-hydrogen) atoms. The molecule has 9 nitrogen and oxygen atoms in total. The van der Waals surface area contributed by atoms with Gasteiger partial charge in [-0.05, 0) is 6.07 Å². The molecule has 3 N–H and O–H groups in total. The van der Waals surface area contributed by atoms with Crippen LogP contribution in [0.5, 0.6) is 5.75 Å². The first-order valence-electron chi connectivity index (χ1n) is 5.54. The fourth-order valence-corrected chi connectivity index (χ4v) is 1.63. The molecule has 0 radical (unpaired) electrons. The minimum absolute atomic E-state index is 0.0197. The van der Waals surface area contributed by atoms with Crippen molar-refractivity contribution in [2.45, 2.75) is 6.61 Å². The molecule has 0 spiro atoms. The Labute approximate surface area is 122 Å². The van der Waals surface area contributed by atoms with Gasteiger partial charge >= 0.3 is 5.69 Å². The second kappa shape index (κ2) is 6.20. The number of rotatable bonds is 5. The summed E-state index contributed by atoms with van der Waals surface area (Å²) in [6, 6.07) is 5.22. The van der Waals surface area contributed by atoms with Gasteiger partial charge in [0.25, 0.3) is 5.91 Å². The second-order valence-corrected chi connectivity index (χ2v) is 4.25. The van der Waals surface area contributed by atoms with Gasteiger partial charge in [0.05, 0.1) is 4.92 Å². The maximum absolute atomic E-state index is 11.2. The zero-order valence-corrected chi connectivity index (χ0v) is 11.2. The first kappa shape index (κ1) is 14.8. The van der Waals surface area contributed by atoms with Gasteiger partial charge in [-0.15, -0.1) is 0 Å². The standard InChI is InChI=1S/C11H9ClN4O5/c12-6-1-2-9(16(18)19)10(3-6)20-5-7-4-8(15-21-7)11(17)14-13/h1-4H,5,13H2,(H,14,17). The van der Waals surface area contributed by atoms with Crippen molar-refractivity contribution in [3.05, 3.63) is 50.9 Å². The third-order valence-corrected chi connectivity index (χ3v) is 2.65. The molecule has 0 aliphatic carbocycles. The molecule has 2 aromatic rings. The normalized spacial score (nSPS) is 10.2. The Morgan fingerprint density at radius 1 is 1.52 bits per heavy atom. The van der Waals surface area contributed by atoms with E-state index in [0.717, 1.165) is 0 Å². The Bertz CT molecular complexity index is 687. The number of nitro benzene ring substituents is 1. The summed E-state index contributed by atoms with van der Waals surface area (Å²) in [6.45, 7) is -0.161. The molecule has 0 saturated carbocycles. The monoisotopic (exact) mass is 312 g/mol. The number of hydrogen-bond donors (Lipinski definition) is 2. The minimum atomic E-state index is -0.626. The number of ether oxygens (including phenoxy) is 1. The topological polar surface area (TPSA) is 134 Å². The number of halogens is 1. The number of amides is 1. The Balaban J connectivity index is 2.13. The highest BCUT2D eigenvalue weighted by Gasteiger charge is 2.17. The van der Waals surface area contributed by atoms with Crippen LogP contribution in [0.3, 0.4) is 0 Å². The molecule has 0 bridgehead atoms. The summed E-state index contributed by atoms with van der Waals surface area (Å²) in [5.74, 6) is 4.50. The highest BCUT2D eigenvalue weighted by Crippen LogP contribution is 2.30. The molecule has 1 amide bonds. The number of carbonyl (C=O) groups is 1. The first-order chi connectivity index (χ1) is 10.0. The molecule has 0 atom stereocenters. The average Bonchev–Trinajstić information content (AvgIpc) is 2.93. The summed E-state index contributed by atoms with van der Waals surface area (Å²) in [7, 11) is 0. The van der Waals surface area contributed by atoms with Crippen molar-refractivity contribution in [1.82, 2.24) is 10.6 Å². The van der Waals surface area contributed by atoms with Gasteiger partial charge in [0, 0.05) is 23.2 Å². The lowest BCUT2D eigenvalue weighted by molar-refractivity contribution is -0.386. The summed E-state index contributed by atoms with van der Waals surface area (Å²) in [4.78, 5) is 21.4. The van der Waals surface area contributed by atoms with E-state index in [9.17, 15) is 14.9 Å². The fourth-order valence-electron chi connectivity index (χ4n) is 1.47. The van der Waals surface area contributed by atoms with E-state index in [4.69, 9.17) is 26.7 Å². The third-order valence-electron chi connectivity index (χ3n) is 2.41. The van der Waals surface area contributed by atoms with Crippen molar-refractivity contribution in [2.75, 3.05) is 0 Å². The molecule has 0 unspecified atom stereocenters. The number of aromatic nitrogens is 1. The summed E-state index contributed by atoms with van der Waals surface area (Å²) in [5.41, 5.74) is 1.62. The quantitative estimate of drug-likeness (QED) is 0.369. The van der Waals surface area contributed by atoms with Crippen molar-refractivity contribution in [2.24, 2.45) is 5.84 Å². The number of nitrogens with one attached hydrogen (secondary N) is 1. The number of hydrazine groups is 1. The van der Waals surface area contributed by atoms with Gasteiger partial charge in [0.15, 0.2) is 17.2 Å². The van der Waals surface area contributed by atoms with Crippen LogP contribution in [0.15, 0.2) is 28.8 Å². The van der Waals surface area contributed by atoms with Gasteiger partial charge < -0.3 is 9.26 Å². The zero-order valence-electron chi connectivity index (χ0n) is 10.4. The van der Waals surface area contributed by atoms with Gasteiger partial charge in [-0.25, -0.2) is 5.84 Å². The number of nitrogen functional groups attached to an aromatic ring is 1. The summed E-state index contributed by atoms with van der Waals surface area (Å²) in [5, 5.41) is 14.6. The highest BCUT2D eigenvalue weighted by atomic mass is 35.5. The Kier molecular flexibility index (Phi) is 4.36. The van der Waals surface area contributed by atoms with Gasteiger partial charge in [0.1, 0.15) is 6.61 Å². The molecule has 0 aliphatic rings. The van der Waals surface area contributed by atoms with Crippen LogP contribution in [-0.4, -0.2) is 16.0 Å². The van der Waals surface area contributed by atoms with Crippen LogP contribution in [-0.2, 0) is 6.61 Å². The van der Waals surface area contributed by atoms with E-state index in [-0.39, 0.29) is 34.5 Å². The summed E-state index contributed by atoms with van der Waals surface area (Å²) in [6.07, 6.45) is 0. The fraction of sp³-hybridized carbons (Fsp3) is 0.0909. The molecule has 10 heteroatoms. The zero-order chi connectivity index (χ0) is 15.4. The minimum Gasteiger partial charge on any atom is -0.478 e. The van der Waals surface area contributed by atoms with E-state index >= 15 is 0 Å². The lowest BCUT2D eigenvalue weighted by Crippen LogP contribution is -2.30. The van der Waals surface area contributed by atoms with Gasteiger partial charge in [-0.2, -0.15) is 0 Å². The van der Waals surface area contributed by atoms with Gasteiger partial charge in [-0.1, -0.05) is 16.8 Å². The maximum atomic E-state index is 11.2. The maximum Gasteiger partial charge on any atom is 0.311 e. The molecule has 2 rings (SSSR count). The van der Waals surface area contributed by atoms with Crippen LogP contribution in [0.4, 0.5) is 5.69 Å². The number of hydrogen-bond acceptors (Lipinski definition) is 7. The van der Waals surface area contributed by atoms with E-state index in [1.165, 1.54) is 24.3 Å². The summed E-state index contributed by atoms with van der Waals surface area (Å²) < 4.78 is 10.1. The van der Waals surface area contributed by atoms with Crippen molar-refractivity contribution in [3.63, 3.8) is 0 Å². The summed E-state index contributed by atoms with van der Waals surface area (Å²) >= 11 is 5.76. The first-order valence-corrected chi connectivity index (χ1v) is 5.92. The largest absolute Gasteiger partial charge is 0.478 e. The number of nitro groups is 1. The van der Waals surface area contributed by atoms with E-state index in [1.807, 2.05) is 5.43 Å². The lowest BCUT2D eigenvalue weighted by atomic mass is 10.3. The van der Waals surface area contributed by atoms with Crippen LogP contribution in [0.2, 0.25) is 5.02 Å². The van der Waals surface area contributed by atoms with Crippen molar-refractivity contribution in [3.8, 4) is 5.75 Å². The Morgan fingerprint density at radius 3 is 2.95 bits per heavy atom. The number of carbonyl (C=O) groups excluding carboxylic acids is 1. The van der Waals surface area contributed by atoms with Gasteiger partial charge in [0.2, 0.25) is 0 Å². The molecule has 1 aromatic carbocycles. The van der Waals surface area contributed by atoms with E-state index in [1.54, 1.807) is 0 Å². The SMILES string of the molecule is NNC(=O)c1cc(COc2cc(Cl)ccc2[N+](=O)[O-])on1. The van der Waals surface area contributed by atoms with E-state index in [2.05, 4.69) is 5.16 Å².